The van der Waals surface area contributed by atoms with Crippen molar-refractivity contribution in [3.05, 3.63) is 28.2 Å². The molecule has 0 aromatic heterocycles. The van der Waals surface area contributed by atoms with Gasteiger partial charge in [-0.25, -0.2) is 4.79 Å². The monoisotopic (exact) mass is 366 g/mol. The van der Waals surface area contributed by atoms with Gasteiger partial charge in [0.05, 0.1) is 5.92 Å². The molecule has 2 aliphatic rings. The molecule has 1 aromatic rings. The Bertz CT molecular complexity index is 597. The first-order chi connectivity index (χ1) is 10.5. The summed E-state index contributed by atoms with van der Waals surface area (Å²) >= 11 is 3.45. The van der Waals surface area contributed by atoms with Gasteiger partial charge in [-0.15, -0.1) is 0 Å². The lowest BCUT2D eigenvalue weighted by molar-refractivity contribution is -0.142. The van der Waals surface area contributed by atoms with Gasteiger partial charge in [0, 0.05) is 22.7 Å². The Morgan fingerprint density at radius 3 is 2.64 bits per heavy atom. The van der Waals surface area contributed by atoms with Gasteiger partial charge in [0.25, 0.3) is 0 Å². The summed E-state index contributed by atoms with van der Waals surface area (Å²) in [6.45, 7) is 0.697. The normalized spacial score (nSPS) is 24.0. The number of carboxylic acids is 1. The Morgan fingerprint density at radius 2 is 1.95 bits per heavy atom. The van der Waals surface area contributed by atoms with E-state index in [1.165, 1.54) is 5.56 Å². The minimum atomic E-state index is -0.719. The molecule has 0 unspecified atom stereocenters. The van der Waals surface area contributed by atoms with Crippen LogP contribution in [0.1, 0.15) is 31.2 Å². The topological polar surface area (TPSA) is 69.6 Å². The van der Waals surface area contributed by atoms with Crippen molar-refractivity contribution in [3.8, 4) is 0 Å². The molecular weight excluding hydrogens is 348 g/mol. The number of urea groups is 1. The number of benzene rings is 1. The van der Waals surface area contributed by atoms with Crippen LogP contribution in [0.25, 0.3) is 0 Å². The molecule has 1 aliphatic heterocycles. The van der Waals surface area contributed by atoms with E-state index in [1.807, 2.05) is 18.2 Å². The third-order valence-electron chi connectivity index (χ3n) is 4.59. The van der Waals surface area contributed by atoms with Crippen LogP contribution < -0.4 is 10.2 Å². The molecule has 1 saturated carbocycles. The number of aliphatic carboxylic acids is 1. The quantitative estimate of drug-likeness (QED) is 0.844. The molecule has 0 saturated heterocycles. The Hall–Kier alpha value is -1.56. The number of hydrogen-bond acceptors (Lipinski definition) is 2. The van der Waals surface area contributed by atoms with Crippen molar-refractivity contribution in [3.63, 3.8) is 0 Å². The molecule has 6 heteroatoms. The van der Waals surface area contributed by atoms with Crippen LogP contribution in [-0.2, 0) is 11.2 Å². The van der Waals surface area contributed by atoms with Crippen molar-refractivity contribution in [1.29, 1.82) is 0 Å². The fraction of sp³-hybridized carbons (Fsp3) is 0.500. The Morgan fingerprint density at radius 1 is 1.23 bits per heavy atom. The third kappa shape index (κ3) is 3.11. The summed E-state index contributed by atoms with van der Waals surface area (Å²) in [6.07, 6.45) is 3.64. The van der Waals surface area contributed by atoms with E-state index >= 15 is 0 Å². The highest BCUT2D eigenvalue weighted by Gasteiger charge is 2.30. The SMILES string of the molecule is O=C(O)C1CCC(NC(=O)N2CCc3ccc(Br)cc32)CC1. The summed E-state index contributed by atoms with van der Waals surface area (Å²) in [5, 5.41) is 12.1. The maximum absolute atomic E-state index is 12.5. The summed E-state index contributed by atoms with van der Waals surface area (Å²) in [4.78, 5) is 25.2. The van der Waals surface area contributed by atoms with Crippen molar-refractivity contribution in [1.82, 2.24) is 5.32 Å². The standard InChI is InChI=1S/C16H19BrN2O3/c17-12-4-1-10-7-8-19(14(10)9-12)16(22)18-13-5-2-11(3-6-13)15(20)21/h1,4,9,11,13H,2-3,5-8H2,(H,18,22)(H,20,21). The van der Waals surface area contributed by atoms with E-state index < -0.39 is 5.97 Å². The minimum absolute atomic E-state index is 0.0735. The predicted molar refractivity (Wildman–Crippen MR) is 87.1 cm³/mol. The zero-order valence-corrected chi connectivity index (χ0v) is 13.8. The van der Waals surface area contributed by atoms with Crippen LogP contribution in [-0.4, -0.2) is 29.7 Å². The second-order valence-electron chi connectivity index (χ2n) is 6.01. The van der Waals surface area contributed by atoms with Crippen molar-refractivity contribution in [2.45, 2.75) is 38.1 Å². The first-order valence-electron chi connectivity index (χ1n) is 7.64. The number of nitrogens with zero attached hydrogens (tertiary/aromatic N) is 1. The summed E-state index contributed by atoms with van der Waals surface area (Å²) in [5.41, 5.74) is 2.15. The van der Waals surface area contributed by atoms with Gasteiger partial charge < -0.3 is 10.4 Å². The van der Waals surface area contributed by atoms with Gasteiger partial charge in [-0.05, 0) is 49.8 Å². The summed E-state index contributed by atoms with van der Waals surface area (Å²) in [6, 6.07) is 6.02. The zero-order valence-electron chi connectivity index (χ0n) is 12.2. The third-order valence-corrected chi connectivity index (χ3v) is 5.09. The van der Waals surface area contributed by atoms with Crippen LogP contribution in [0.4, 0.5) is 10.5 Å². The zero-order chi connectivity index (χ0) is 15.7. The summed E-state index contributed by atoms with van der Waals surface area (Å²) < 4.78 is 0.966. The van der Waals surface area contributed by atoms with Crippen molar-refractivity contribution < 1.29 is 14.7 Å². The van der Waals surface area contributed by atoms with Crippen LogP contribution in [0.2, 0.25) is 0 Å². The fourth-order valence-corrected chi connectivity index (χ4v) is 3.65. The number of rotatable bonds is 2. The second-order valence-corrected chi connectivity index (χ2v) is 6.93. The number of amides is 2. The Labute approximate surface area is 137 Å². The first kappa shape index (κ1) is 15.3. The fourth-order valence-electron chi connectivity index (χ4n) is 3.30. The lowest BCUT2D eigenvalue weighted by Gasteiger charge is -2.29. The minimum Gasteiger partial charge on any atom is -0.481 e. The molecule has 1 heterocycles. The summed E-state index contributed by atoms with van der Waals surface area (Å²) in [5.74, 6) is -0.972. The molecule has 1 aliphatic carbocycles. The number of hydrogen-bond donors (Lipinski definition) is 2. The number of carbonyl (C=O) groups excluding carboxylic acids is 1. The smallest absolute Gasteiger partial charge is 0.322 e. The van der Waals surface area contributed by atoms with Crippen LogP contribution in [0.5, 0.6) is 0 Å². The lowest BCUT2D eigenvalue weighted by Crippen LogP contribution is -2.46. The molecule has 0 atom stereocenters. The van der Waals surface area contributed by atoms with Crippen molar-refractivity contribution >= 4 is 33.6 Å². The van der Waals surface area contributed by atoms with E-state index in [0.29, 0.717) is 19.4 Å². The molecule has 1 fully saturated rings. The molecule has 2 amide bonds. The Kier molecular flexibility index (Phi) is 4.38. The maximum atomic E-state index is 12.5. The van der Waals surface area contributed by atoms with Gasteiger partial charge in [-0.2, -0.15) is 0 Å². The van der Waals surface area contributed by atoms with Crippen LogP contribution in [0, 0.1) is 5.92 Å². The van der Waals surface area contributed by atoms with Crippen LogP contribution in [0.15, 0.2) is 22.7 Å². The number of carbonyl (C=O) groups is 2. The number of nitrogens with one attached hydrogen (secondary N) is 1. The van der Waals surface area contributed by atoms with Crippen molar-refractivity contribution in [2.75, 3.05) is 11.4 Å². The number of anilines is 1. The molecule has 0 radical (unpaired) electrons. The number of fused-ring (bicyclic) bond motifs is 1. The number of halogens is 1. The molecular formula is C16H19BrN2O3. The molecule has 0 bridgehead atoms. The summed E-state index contributed by atoms with van der Waals surface area (Å²) in [7, 11) is 0. The van der Waals surface area contributed by atoms with Gasteiger partial charge in [-0.3, -0.25) is 9.69 Å². The highest BCUT2D eigenvalue weighted by Crippen LogP contribution is 2.31. The molecule has 5 nitrogen and oxygen atoms in total. The van der Waals surface area contributed by atoms with Gasteiger partial charge in [0.15, 0.2) is 0 Å². The van der Waals surface area contributed by atoms with E-state index in [4.69, 9.17) is 5.11 Å². The van der Waals surface area contributed by atoms with E-state index in [2.05, 4.69) is 21.2 Å². The lowest BCUT2D eigenvalue weighted by atomic mass is 9.86. The molecule has 1 aromatic carbocycles. The molecule has 3 rings (SSSR count). The van der Waals surface area contributed by atoms with Crippen LogP contribution >= 0.6 is 15.9 Å². The molecule has 118 valence electrons. The molecule has 22 heavy (non-hydrogen) atoms. The largest absolute Gasteiger partial charge is 0.481 e. The average Bonchev–Trinajstić information content (AvgIpc) is 2.90. The van der Waals surface area contributed by atoms with E-state index in [0.717, 1.165) is 29.4 Å². The van der Waals surface area contributed by atoms with Gasteiger partial charge >= 0.3 is 12.0 Å². The Balaban J connectivity index is 1.60. The highest BCUT2D eigenvalue weighted by molar-refractivity contribution is 9.10. The van der Waals surface area contributed by atoms with E-state index in [-0.39, 0.29) is 18.0 Å². The number of carboxylic acid groups (broad SMARTS) is 1. The average molecular weight is 367 g/mol. The van der Waals surface area contributed by atoms with E-state index in [1.54, 1.807) is 4.90 Å². The highest BCUT2D eigenvalue weighted by atomic mass is 79.9. The maximum Gasteiger partial charge on any atom is 0.322 e. The van der Waals surface area contributed by atoms with Crippen LogP contribution in [0.3, 0.4) is 0 Å². The van der Waals surface area contributed by atoms with Gasteiger partial charge in [0.1, 0.15) is 0 Å². The van der Waals surface area contributed by atoms with E-state index in [9.17, 15) is 9.59 Å². The van der Waals surface area contributed by atoms with Gasteiger partial charge in [-0.1, -0.05) is 22.0 Å². The molecule has 2 N–H and O–H groups in total. The molecule has 0 spiro atoms. The van der Waals surface area contributed by atoms with Gasteiger partial charge in [0.2, 0.25) is 0 Å². The predicted octanol–water partition coefficient (Wildman–Crippen LogP) is 3.16. The second kappa shape index (κ2) is 6.28. The first-order valence-corrected chi connectivity index (χ1v) is 8.43. The van der Waals surface area contributed by atoms with Crippen molar-refractivity contribution in [2.24, 2.45) is 5.92 Å².